The van der Waals surface area contributed by atoms with Crippen molar-refractivity contribution in [3.05, 3.63) is 33.8 Å². The monoisotopic (exact) mass is 270 g/mol. The maximum atomic E-state index is 11.7. The van der Waals surface area contributed by atoms with Crippen molar-refractivity contribution < 1.29 is 13.2 Å². The third kappa shape index (κ3) is 4.70. The van der Waals surface area contributed by atoms with E-state index in [4.69, 9.17) is 23.2 Å². The lowest BCUT2D eigenvalue weighted by molar-refractivity contribution is -0.0318. The maximum absolute atomic E-state index is 11.7. The minimum absolute atomic E-state index is 0.264. The van der Waals surface area contributed by atoms with Crippen LogP contribution in [0, 0.1) is 11.2 Å². The van der Waals surface area contributed by atoms with E-state index in [-0.39, 0.29) is 5.02 Å². The van der Waals surface area contributed by atoms with E-state index < -0.39 is 17.3 Å². The first kappa shape index (κ1) is 12.6. The minimum atomic E-state index is -4.34. The van der Waals surface area contributed by atoms with Crippen LogP contribution in [0.5, 0.6) is 0 Å². The van der Waals surface area contributed by atoms with E-state index in [0.717, 1.165) is 0 Å². The molecular weight excluding hydrogens is 268 g/mol. The van der Waals surface area contributed by atoms with Crippen LogP contribution in [0.2, 0.25) is 10.0 Å². The molecule has 0 unspecified atom stereocenters. The molecule has 0 atom stereocenters. The van der Waals surface area contributed by atoms with Gasteiger partial charge in [-0.25, -0.2) is 0 Å². The minimum Gasteiger partial charge on any atom is -0.160 e. The van der Waals surface area contributed by atoms with Crippen molar-refractivity contribution in [1.29, 1.82) is 0 Å². The molecule has 80 valence electrons. The summed E-state index contributed by atoms with van der Waals surface area (Å²) >= 11 is 10.9. The Morgan fingerprint density at radius 2 is 1.80 bits per heavy atom. The van der Waals surface area contributed by atoms with Crippen LogP contribution in [0.25, 0.3) is 0 Å². The van der Waals surface area contributed by atoms with Gasteiger partial charge in [-0.1, -0.05) is 29.1 Å². The first-order valence-corrected chi connectivity index (χ1v) is 5.16. The van der Waals surface area contributed by atoms with Crippen LogP contribution in [-0.4, -0.2) is 5.51 Å². The lowest BCUT2D eigenvalue weighted by Gasteiger charge is -1.97. The molecule has 6 heteroatoms. The number of hydrogen-bond acceptors (Lipinski definition) is 1. The van der Waals surface area contributed by atoms with Crippen LogP contribution in [0.4, 0.5) is 13.2 Å². The average molecular weight is 271 g/mol. The Morgan fingerprint density at radius 3 is 2.33 bits per heavy atom. The Hall–Kier alpha value is -0.500. The summed E-state index contributed by atoms with van der Waals surface area (Å²) in [5.74, 6) is 2.32. The molecule has 0 aliphatic carbocycles. The highest BCUT2D eigenvalue weighted by atomic mass is 35.5. The highest BCUT2D eigenvalue weighted by molar-refractivity contribution is 8.04. The molecule has 0 nitrogen and oxygen atoms in total. The zero-order valence-corrected chi connectivity index (χ0v) is 9.36. The number of rotatable bonds is 0. The second-order valence-corrected chi connectivity index (χ2v) is 4.09. The van der Waals surface area contributed by atoms with Crippen molar-refractivity contribution >= 4 is 35.0 Å². The molecule has 0 aromatic heterocycles. The molecule has 0 fully saturated rings. The Labute approximate surface area is 98.8 Å². The zero-order chi connectivity index (χ0) is 11.5. The highest BCUT2D eigenvalue weighted by Crippen LogP contribution is 2.29. The molecule has 0 saturated carbocycles. The second-order valence-electron chi connectivity index (χ2n) is 2.40. The fourth-order valence-electron chi connectivity index (χ4n) is 0.716. The smallest absolute Gasteiger partial charge is 0.160 e. The van der Waals surface area contributed by atoms with E-state index >= 15 is 0 Å². The largest absolute Gasteiger partial charge is 0.453 e. The van der Waals surface area contributed by atoms with Gasteiger partial charge in [0.2, 0.25) is 0 Å². The van der Waals surface area contributed by atoms with Gasteiger partial charge in [0.15, 0.2) is 0 Å². The topological polar surface area (TPSA) is 0 Å². The van der Waals surface area contributed by atoms with Crippen molar-refractivity contribution in [2.24, 2.45) is 0 Å². The van der Waals surface area contributed by atoms with E-state index in [1.807, 2.05) is 5.25 Å². The van der Waals surface area contributed by atoms with Crippen molar-refractivity contribution in [1.82, 2.24) is 0 Å². The molecule has 0 aliphatic heterocycles. The molecule has 0 aliphatic rings. The maximum Gasteiger partial charge on any atom is 0.453 e. The van der Waals surface area contributed by atoms with Crippen LogP contribution in [0.15, 0.2) is 18.2 Å². The summed E-state index contributed by atoms with van der Waals surface area (Å²) < 4.78 is 35.1. The first-order valence-electron chi connectivity index (χ1n) is 3.59. The summed E-state index contributed by atoms with van der Waals surface area (Å²) in [6.07, 6.45) is 0. The first-order chi connectivity index (χ1) is 6.88. The Kier molecular flexibility index (Phi) is 4.21. The van der Waals surface area contributed by atoms with Gasteiger partial charge in [-0.15, -0.1) is 0 Å². The summed E-state index contributed by atoms with van der Waals surface area (Å²) in [6.45, 7) is 0. The molecule has 15 heavy (non-hydrogen) atoms. The molecule has 0 radical (unpaired) electrons. The number of thioether (sulfide) groups is 1. The summed E-state index contributed by atoms with van der Waals surface area (Å²) in [4.78, 5) is 0. The van der Waals surface area contributed by atoms with E-state index in [1.54, 1.807) is 0 Å². The van der Waals surface area contributed by atoms with Crippen LogP contribution in [-0.2, 0) is 0 Å². The quantitative estimate of drug-likeness (QED) is 0.623. The van der Waals surface area contributed by atoms with Crippen molar-refractivity contribution in [2.75, 3.05) is 0 Å². The second kappa shape index (κ2) is 5.02. The SMILES string of the molecule is FC(F)(F)SC#Cc1ccc(Cl)c(Cl)c1. The fourth-order valence-corrected chi connectivity index (χ4v) is 1.30. The number of halogens is 5. The molecule has 0 spiro atoms. The van der Waals surface area contributed by atoms with Gasteiger partial charge in [0.25, 0.3) is 0 Å². The predicted molar refractivity (Wildman–Crippen MR) is 57.0 cm³/mol. The summed E-state index contributed by atoms with van der Waals surface area (Å²) in [5.41, 5.74) is -3.95. The normalized spacial score (nSPS) is 10.7. The molecule has 0 N–H and O–H groups in total. The van der Waals surface area contributed by atoms with Crippen molar-refractivity contribution in [3.8, 4) is 11.2 Å². The van der Waals surface area contributed by atoms with Crippen molar-refractivity contribution in [3.63, 3.8) is 0 Å². The van der Waals surface area contributed by atoms with Gasteiger partial charge in [-0.3, -0.25) is 0 Å². The molecule has 1 rings (SSSR count). The lowest BCUT2D eigenvalue weighted by Crippen LogP contribution is -1.96. The van der Waals surface area contributed by atoms with Crippen molar-refractivity contribution in [2.45, 2.75) is 5.51 Å². The van der Waals surface area contributed by atoms with Gasteiger partial charge in [0.05, 0.1) is 10.0 Å². The van der Waals surface area contributed by atoms with Crippen LogP contribution < -0.4 is 0 Å². The van der Waals surface area contributed by atoms with Gasteiger partial charge in [-0.05, 0) is 23.5 Å². The molecule has 1 aromatic carbocycles. The summed E-state index contributed by atoms with van der Waals surface area (Å²) in [7, 11) is 0. The fraction of sp³-hybridized carbons (Fsp3) is 0.111. The molecule has 1 aromatic rings. The van der Waals surface area contributed by atoms with E-state index in [0.29, 0.717) is 10.6 Å². The third-order valence-corrected chi connectivity index (χ3v) is 2.46. The highest BCUT2D eigenvalue weighted by Gasteiger charge is 2.27. The van der Waals surface area contributed by atoms with E-state index in [2.05, 4.69) is 5.92 Å². The number of benzene rings is 1. The van der Waals surface area contributed by atoms with Gasteiger partial charge in [0, 0.05) is 17.3 Å². The summed E-state index contributed by atoms with van der Waals surface area (Å²) in [5, 5.41) is 2.53. The molecule has 0 amide bonds. The zero-order valence-electron chi connectivity index (χ0n) is 7.03. The predicted octanol–water partition coefficient (Wildman–Crippen LogP) is 4.56. The van der Waals surface area contributed by atoms with Gasteiger partial charge >= 0.3 is 5.51 Å². The molecular formula is C9H3Cl2F3S. The third-order valence-electron chi connectivity index (χ3n) is 1.28. The number of hydrogen-bond donors (Lipinski definition) is 0. The van der Waals surface area contributed by atoms with Gasteiger partial charge in [0.1, 0.15) is 0 Å². The van der Waals surface area contributed by atoms with E-state index in [1.165, 1.54) is 18.2 Å². The van der Waals surface area contributed by atoms with Crippen LogP contribution in [0.3, 0.4) is 0 Å². The molecule has 0 heterocycles. The Morgan fingerprint density at radius 1 is 1.13 bits per heavy atom. The Balaban J connectivity index is 2.77. The lowest BCUT2D eigenvalue weighted by atomic mass is 10.2. The van der Waals surface area contributed by atoms with E-state index in [9.17, 15) is 13.2 Å². The Bertz CT molecular complexity index is 418. The molecule has 0 bridgehead atoms. The average Bonchev–Trinajstić information content (AvgIpc) is 2.09. The van der Waals surface area contributed by atoms with Gasteiger partial charge in [-0.2, -0.15) is 13.2 Å². The van der Waals surface area contributed by atoms with Crippen LogP contribution >= 0.6 is 35.0 Å². The number of alkyl halides is 3. The molecule has 0 saturated heterocycles. The standard InChI is InChI=1S/C9H3Cl2F3S/c10-7-2-1-6(5-8(7)11)3-4-15-9(12,13)14/h1-2,5H. The van der Waals surface area contributed by atoms with Crippen LogP contribution in [0.1, 0.15) is 5.56 Å². The summed E-state index contributed by atoms with van der Waals surface area (Å²) in [6, 6.07) is 4.39. The van der Waals surface area contributed by atoms with Gasteiger partial charge < -0.3 is 0 Å².